The van der Waals surface area contributed by atoms with Gasteiger partial charge in [-0.15, -0.1) is 0 Å². The average molecular weight is 238 g/mol. The van der Waals surface area contributed by atoms with Crippen LogP contribution in [-0.2, 0) is 0 Å². The van der Waals surface area contributed by atoms with Crippen molar-refractivity contribution in [3.8, 4) is 11.5 Å². The Labute approximate surface area is 98.9 Å². The summed E-state index contributed by atoms with van der Waals surface area (Å²) in [5.41, 5.74) is 0.0119. The molecule has 0 bridgehead atoms. The van der Waals surface area contributed by atoms with Crippen molar-refractivity contribution < 1.29 is 14.4 Å². The first-order chi connectivity index (χ1) is 8.06. The molecule has 6 heteroatoms. The Morgan fingerprint density at radius 3 is 2.88 bits per heavy atom. The molecule has 0 radical (unpaired) electrons. The lowest BCUT2D eigenvalue weighted by molar-refractivity contribution is -0.385. The third kappa shape index (κ3) is 2.65. The van der Waals surface area contributed by atoms with Crippen LogP contribution in [0.4, 0.5) is 5.69 Å². The molecule has 0 saturated heterocycles. The minimum atomic E-state index is -0.445. The van der Waals surface area contributed by atoms with Gasteiger partial charge in [0.2, 0.25) is 0 Å². The van der Waals surface area contributed by atoms with Crippen LogP contribution >= 0.6 is 0 Å². The Kier molecular flexibility index (Phi) is 3.14. The van der Waals surface area contributed by atoms with Gasteiger partial charge < -0.3 is 14.4 Å². The third-order valence-corrected chi connectivity index (χ3v) is 2.43. The smallest absolute Gasteiger partial charge is 0.273 e. The lowest BCUT2D eigenvalue weighted by Gasteiger charge is -2.28. The molecule has 0 aliphatic carbocycles. The highest BCUT2D eigenvalue weighted by Crippen LogP contribution is 2.34. The Balaban J connectivity index is 2.17. The van der Waals surface area contributed by atoms with Crippen LogP contribution in [-0.4, -0.2) is 43.2 Å². The maximum absolute atomic E-state index is 10.6. The maximum Gasteiger partial charge on any atom is 0.273 e. The van der Waals surface area contributed by atoms with Crippen molar-refractivity contribution in [3.05, 3.63) is 28.3 Å². The number of non-ortho nitro benzene ring substituents is 1. The van der Waals surface area contributed by atoms with E-state index < -0.39 is 4.92 Å². The fourth-order valence-electron chi connectivity index (χ4n) is 1.72. The number of likely N-dealkylation sites (N-methyl/N-ethyl adjacent to an activating group) is 1. The standard InChI is InChI=1S/C11H14N2O4/c1-12(2)6-9-7-16-10-4-3-8(13(14)15)5-11(10)17-9/h3-5,9H,6-7H2,1-2H3. The molecule has 0 N–H and O–H groups in total. The molecule has 0 saturated carbocycles. The van der Waals surface area contributed by atoms with Crippen LogP contribution in [0.3, 0.4) is 0 Å². The molecule has 1 heterocycles. The van der Waals surface area contributed by atoms with Crippen LogP contribution in [0.25, 0.3) is 0 Å². The predicted octanol–water partition coefficient (Wildman–Crippen LogP) is 1.30. The topological polar surface area (TPSA) is 64.8 Å². The Bertz CT molecular complexity index is 433. The summed E-state index contributed by atoms with van der Waals surface area (Å²) in [4.78, 5) is 12.2. The van der Waals surface area contributed by atoms with Gasteiger partial charge in [0.15, 0.2) is 11.5 Å². The van der Waals surface area contributed by atoms with Crippen LogP contribution in [0.2, 0.25) is 0 Å². The summed E-state index contributed by atoms with van der Waals surface area (Å²) in [6.07, 6.45) is -0.0977. The highest BCUT2D eigenvalue weighted by molar-refractivity contribution is 5.49. The summed E-state index contributed by atoms with van der Waals surface area (Å²) in [6, 6.07) is 4.38. The van der Waals surface area contributed by atoms with Crippen molar-refractivity contribution in [2.45, 2.75) is 6.10 Å². The maximum atomic E-state index is 10.6. The lowest BCUT2D eigenvalue weighted by Crippen LogP contribution is -2.37. The second-order valence-corrected chi connectivity index (χ2v) is 4.20. The van der Waals surface area contributed by atoms with Crippen molar-refractivity contribution >= 4 is 5.69 Å². The van der Waals surface area contributed by atoms with Gasteiger partial charge in [0.05, 0.1) is 11.0 Å². The molecule has 0 fully saturated rings. The summed E-state index contributed by atoms with van der Waals surface area (Å²) in [7, 11) is 3.87. The summed E-state index contributed by atoms with van der Waals surface area (Å²) in [5, 5.41) is 10.6. The first-order valence-electron chi connectivity index (χ1n) is 5.29. The minimum absolute atomic E-state index is 0.0119. The van der Waals surface area contributed by atoms with E-state index in [1.54, 1.807) is 6.07 Å². The zero-order chi connectivity index (χ0) is 12.4. The van der Waals surface area contributed by atoms with E-state index in [4.69, 9.17) is 9.47 Å². The van der Waals surface area contributed by atoms with E-state index in [1.807, 2.05) is 19.0 Å². The number of ether oxygens (including phenoxy) is 2. The fourth-order valence-corrected chi connectivity index (χ4v) is 1.72. The van der Waals surface area contributed by atoms with Gasteiger partial charge in [0.25, 0.3) is 5.69 Å². The van der Waals surface area contributed by atoms with Crippen molar-refractivity contribution in [1.82, 2.24) is 4.90 Å². The van der Waals surface area contributed by atoms with Gasteiger partial charge >= 0.3 is 0 Å². The van der Waals surface area contributed by atoms with E-state index in [9.17, 15) is 10.1 Å². The zero-order valence-corrected chi connectivity index (χ0v) is 9.75. The van der Waals surface area contributed by atoms with Gasteiger partial charge in [-0.2, -0.15) is 0 Å². The molecule has 2 rings (SSSR count). The molecule has 1 unspecified atom stereocenters. The molecular formula is C11H14N2O4. The fraction of sp³-hybridized carbons (Fsp3) is 0.455. The summed E-state index contributed by atoms with van der Waals surface area (Å²) in [6.45, 7) is 1.17. The molecule has 0 spiro atoms. The number of nitro groups is 1. The number of rotatable bonds is 3. The van der Waals surface area contributed by atoms with E-state index in [0.29, 0.717) is 24.7 Å². The summed E-state index contributed by atoms with van der Waals surface area (Å²) < 4.78 is 11.2. The van der Waals surface area contributed by atoms with E-state index in [1.165, 1.54) is 12.1 Å². The SMILES string of the molecule is CN(C)CC1COc2ccc([N+](=O)[O-])cc2O1. The number of fused-ring (bicyclic) bond motifs is 1. The number of nitrogens with zero attached hydrogens (tertiary/aromatic N) is 2. The summed E-state index contributed by atoms with van der Waals surface area (Å²) >= 11 is 0. The molecule has 17 heavy (non-hydrogen) atoms. The van der Waals surface area contributed by atoms with Crippen molar-refractivity contribution in [2.24, 2.45) is 0 Å². The van der Waals surface area contributed by atoms with Crippen LogP contribution in [0.1, 0.15) is 0 Å². The van der Waals surface area contributed by atoms with E-state index in [0.717, 1.165) is 0 Å². The number of nitro benzene ring substituents is 1. The predicted molar refractivity (Wildman–Crippen MR) is 61.6 cm³/mol. The van der Waals surface area contributed by atoms with Crippen LogP contribution in [0, 0.1) is 10.1 Å². The van der Waals surface area contributed by atoms with Crippen LogP contribution in [0.5, 0.6) is 11.5 Å². The van der Waals surface area contributed by atoms with Gasteiger partial charge in [-0.1, -0.05) is 0 Å². The minimum Gasteiger partial charge on any atom is -0.486 e. The molecule has 1 aliphatic heterocycles. The highest BCUT2D eigenvalue weighted by atomic mass is 16.6. The van der Waals surface area contributed by atoms with Crippen molar-refractivity contribution in [3.63, 3.8) is 0 Å². The van der Waals surface area contributed by atoms with Gasteiger partial charge in [-0.3, -0.25) is 10.1 Å². The Morgan fingerprint density at radius 2 is 2.24 bits per heavy atom. The first kappa shape index (κ1) is 11.7. The van der Waals surface area contributed by atoms with Gasteiger partial charge in [-0.25, -0.2) is 0 Å². The molecule has 92 valence electrons. The third-order valence-electron chi connectivity index (χ3n) is 2.43. The molecular weight excluding hydrogens is 224 g/mol. The molecule has 1 aromatic carbocycles. The van der Waals surface area contributed by atoms with Crippen molar-refractivity contribution in [2.75, 3.05) is 27.2 Å². The first-order valence-corrected chi connectivity index (χ1v) is 5.29. The molecule has 1 aromatic rings. The van der Waals surface area contributed by atoms with Crippen LogP contribution < -0.4 is 9.47 Å². The molecule has 1 atom stereocenters. The second-order valence-electron chi connectivity index (χ2n) is 4.20. The molecule has 1 aliphatic rings. The van der Waals surface area contributed by atoms with Gasteiger partial charge in [-0.05, 0) is 20.2 Å². The summed E-state index contributed by atoms with van der Waals surface area (Å²) in [5.74, 6) is 1.00. The number of hydrogen-bond donors (Lipinski definition) is 0. The Hall–Kier alpha value is -1.82. The van der Waals surface area contributed by atoms with E-state index in [-0.39, 0.29) is 11.8 Å². The monoisotopic (exact) mass is 238 g/mol. The highest BCUT2D eigenvalue weighted by Gasteiger charge is 2.23. The Morgan fingerprint density at radius 1 is 1.47 bits per heavy atom. The average Bonchev–Trinajstić information content (AvgIpc) is 2.27. The quantitative estimate of drug-likeness (QED) is 0.586. The van der Waals surface area contributed by atoms with Crippen LogP contribution in [0.15, 0.2) is 18.2 Å². The normalized spacial score (nSPS) is 18.2. The second kappa shape index (κ2) is 4.58. The van der Waals surface area contributed by atoms with Gasteiger partial charge in [0, 0.05) is 12.6 Å². The largest absolute Gasteiger partial charge is 0.486 e. The van der Waals surface area contributed by atoms with E-state index in [2.05, 4.69) is 0 Å². The van der Waals surface area contributed by atoms with Gasteiger partial charge in [0.1, 0.15) is 12.7 Å². The zero-order valence-electron chi connectivity index (χ0n) is 9.75. The molecule has 6 nitrogen and oxygen atoms in total. The molecule has 0 amide bonds. The van der Waals surface area contributed by atoms with E-state index >= 15 is 0 Å². The number of hydrogen-bond acceptors (Lipinski definition) is 5. The number of benzene rings is 1. The molecule has 0 aromatic heterocycles. The lowest BCUT2D eigenvalue weighted by atomic mass is 10.2. The van der Waals surface area contributed by atoms with Crippen molar-refractivity contribution in [1.29, 1.82) is 0 Å².